The lowest BCUT2D eigenvalue weighted by atomic mass is 10.2. The number of hydrogen-bond donors (Lipinski definition) is 0. The number of aromatic nitrogens is 5. The van der Waals surface area contributed by atoms with E-state index in [4.69, 9.17) is 0 Å². The number of nitrogens with zero attached hydrogens (tertiary/aromatic N) is 5. The lowest BCUT2D eigenvalue weighted by molar-refractivity contribution is 0.630. The molecule has 0 aliphatic rings. The summed E-state index contributed by atoms with van der Waals surface area (Å²) in [4.78, 5) is 4.67. The Hall–Kier alpha value is -2.19. The minimum Gasteiger partial charge on any atom is -0.264 e. The normalized spacial score (nSPS) is 11.2. The zero-order valence-corrected chi connectivity index (χ0v) is 13.3. The van der Waals surface area contributed by atoms with Gasteiger partial charge in [0.05, 0.1) is 0 Å². The van der Waals surface area contributed by atoms with Crippen molar-refractivity contribution in [2.24, 2.45) is 0 Å². The van der Waals surface area contributed by atoms with Crippen LogP contribution in [0.3, 0.4) is 0 Å². The van der Waals surface area contributed by atoms with Gasteiger partial charge in [0.1, 0.15) is 5.82 Å². The highest BCUT2D eigenvalue weighted by Gasteiger charge is 2.16. The number of hydrogen-bond acceptors (Lipinski definition) is 5. The van der Waals surface area contributed by atoms with Crippen molar-refractivity contribution in [3.05, 3.63) is 53.0 Å². The standard InChI is InChI=1S/C14H7BrFN5S/c15-9-3-4-10(11(16)6-9)13-20-21-12(18-19-14(21)22-13)8-2-1-5-17-7-8/h1-7H. The van der Waals surface area contributed by atoms with Crippen LogP contribution in [0.5, 0.6) is 0 Å². The van der Waals surface area contributed by atoms with E-state index in [-0.39, 0.29) is 5.82 Å². The van der Waals surface area contributed by atoms with Gasteiger partial charge in [-0.1, -0.05) is 27.3 Å². The van der Waals surface area contributed by atoms with Gasteiger partial charge in [-0.3, -0.25) is 4.98 Å². The number of benzene rings is 1. The molecule has 0 radical (unpaired) electrons. The Labute approximate surface area is 136 Å². The predicted octanol–water partition coefficient (Wildman–Crippen LogP) is 3.82. The van der Waals surface area contributed by atoms with E-state index in [0.717, 1.165) is 5.56 Å². The predicted molar refractivity (Wildman–Crippen MR) is 85.0 cm³/mol. The summed E-state index contributed by atoms with van der Waals surface area (Å²) in [6, 6.07) is 8.58. The van der Waals surface area contributed by atoms with Crippen molar-refractivity contribution in [2.75, 3.05) is 0 Å². The minimum atomic E-state index is -0.331. The number of rotatable bonds is 2. The molecule has 3 heterocycles. The van der Waals surface area contributed by atoms with Gasteiger partial charge in [0.2, 0.25) is 4.96 Å². The van der Waals surface area contributed by atoms with E-state index in [0.29, 0.717) is 25.8 Å². The van der Waals surface area contributed by atoms with Crippen molar-refractivity contribution in [1.29, 1.82) is 0 Å². The summed E-state index contributed by atoms with van der Waals surface area (Å²) in [6.45, 7) is 0. The molecule has 5 nitrogen and oxygen atoms in total. The fourth-order valence-electron chi connectivity index (χ4n) is 2.06. The second-order valence-corrected chi connectivity index (χ2v) is 6.36. The van der Waals surface area contributed by atoms with Crippen LogP contribution in [0, 0.1) is 5.82 Å². The molecule has 1 aromatic carbocycles. The molecule has 0 N–H and O–H groups in total. The fraction of sp³-hybridized carbons (Fsp3) is 0. The molecular weight excluding hydrogens is 369 g/mol. The monoisotopic (exact) mass is 375 g/mol. The lowest BCUT2D eigenvalue weighted by Gasteiger charge is -1.99. The van der Waals surface area contributed by atoms with Crippen LogP contribution in [0.15, 0.2) is 47.2 Å². The van der Waals surface area contributed by atoms with E-state index in [1.807, 2.05) is 12.1 Å². The first-order valence-electron chi connectivity index (χ1n) is 6.30. The zero-order valence-electron chi connectivity index (χ0n) is 10.9. The van der Waals surface area contributed by atoms with E-state index < -0.39 is 0 Å². The second kappa shape index (κ2) is 5.22. The Morgan fingerprint density at radius 3 is 2.86 bits per heavy atom. The molecular formula is C14H7BrFN5S. The molecule has 0 saturated heterocycles. The SMILES string of the molecule is Fc1cc(Br)ccc1-c1nn2c(-c3cccnc3)nnc2s1. The Morgan fingerprint density at radius 2 is 2.09 bits per heavy atom. The molecule has 0 aliphatic carbocycles. The average molecular weight is 376 g/mol. The Bertz CT molecular complexity index is 966. The molecule has 0 amide bonds. The molecule has 3 aromatic heterocycles. The van der Waals surface area contributed by atoms with E-state index in [2.05, 4.69) is 36.2 Å². The second-order valence-electron chi connectivity index (χ2n) is 4.49. The number of halogens is 2. The van der Waals surface area contributed by atoms with Gasteiger partial charge < -0.3 is 0 Å². The number of pyridine rings is 1. The smallest absolute Gasteiger partial charge is 0.235 e. The first-order chi connectivity index (χ1) is 10.7. The summed E-state index contributed by atoms with van der Waals surface area (Å²) >= 11 is 4.54. The molecule has 22 heavy (non-hydrogen) atoms. The van der Waals surface area contributed by atoms with Gasteiger partial charge in [-0.15, -0.1) is 10.2 Å². The van der Waals surface area contributed by atoms with Crippen molar-refractivity contribution >= 4 is 32.2 Å². The molecule has 8 heteroatoms. The summed E-state index contributed by atoms with van der Waals surface area (Å²) in [5, 5.41) is 13.2. The number of fused-ring (bicyclic) bond motifs is 1. The van der Waals surface area contributed by atoms with Crippen LogP contribution in [0.4, 0.5) is 4.39 Å². The highest BCUT2D eigenvalue weighted by atomic mass is 79.9. The maximum atomic E-state index is 14.1. The van der Waals surface area contributed by atoms with Gasteiger partial charge >= 0.3 is 0 Å². The van der Waals surface area contributed by atoms with Crippen LogP contribution in [0.25, 0.3) is 26.9 Å². The van der Waals surface area contributed by atoms with Gasteiger partial charge in [0.15, 0.2) is 10.8 Å². The summed E-state index contributed by atoms with van der Waals surface area (Å²) < 4.78 is 16.4. The van der Waals surface area contributed by atoms with Crippen LogP contribution in [0.1, 0.15) is 0 Å². The third-order valence-corrected chi connectivity index (χ3v) is 4.50. The third kappa shape index (κ3) is 2.20. The molecule has 0 saturated carbocycles. The van der Waals surface area contributed by atoms with Crippen LogP contribution in [0.2, 0.25) is 0 Å². The minimum absolute atomic E-state index is 0.331. The van der Waals surface area contributed by atoms with Crippen molar-refractivity contribution in [3.63, 3.8) is 0 Å². The van der Waals surface area contributed by atoms with E-state index >= 15 is 0 Å². The van der Waals surface area contributed by atoms with Crippen LogP contribution < -0.4 is 0 Å². The summed E-state index contributed by atoms with van der Waals surface area (Å²) in [7, 11) is 0. The molecule has 0 bridgehead atoms. The maximum Gasteiger partial charge on any atom is 0.235 e. The van der Waals surface area contributed by atoms with Crippen molar-refractivity contribution < 1.29 is 4.39 Å². The molecule has 0 atom stereocenters. The molecule has 108 valence electrons. The Kier molecular flexibility index (Phi) is 3.20. The molecule has 0 spiro atoms. The largest absolute Gasteiger partial charge is 0.264 e. The topological polar surface area (TPSA) is 56.0 Å². The van der Waals surface area contributed by atoms with Gasteiger partial charge in [-0.2, -0.15) is 9.61 Å². The summed E-state index contributed by atoms with van der Waals surface area (Å²) in [5.74, 6) is 0.255. The van der Waals surface area contributed by atoms with Gasteiger partial charge in [0, 0.05) is 28.0 Å². The quantitative estimate of drug-likeness (QED) is 0.534. The molecule has 4 aromatic rings. The summed E-state index contributed by atoms with van der Waals surface area (Å²) in [5.41, 5.74) is 1.25. The van der Waals surface area contributed by atoms with E-state index in [9.17, 15) is 4.39 Å². The van der Waals surface area contributed by atoms with Crippen LogP contribution >= 0.6 is 27.3 Å². The highest BCUT2D eigenvalue weighted by molar-refractivity contribution is 9.10. The van der Waals surface area contributed by atoms with E-state index in [1.165, 1.54) is 17.4 Å². The third-order valence-electron chi connectivity index (χ3n) is 3.07. The molecule has 0 fully saturated rings. The van der Waals surface area contributed by atoms with Crippen molar-refractivity contribution in [1.82, 2.24) is 24.8 Å². The fourth-order valence-corrected chi connectivity index (χ4v) is 3.26. The van der Waals surface area contributed by atoms with E-state index in [1.54, 1.807) is 29.0 Å². The first-order valence-corrected chi connectivity index (χ1v) is 7.91. The van der Waals surface area contributed by atoms with Crippen molar-refractivity contribution in [3.8, 4) is 22.0 Å². The van der Waals surface area contributed by atoms with Crippen LogP contribution in [-0.4, -0.2) is 24.8 Å². The summed E-state index contributed by atoms with van der Waals surface area (Å²) in [6.07, 6.45) is 3.38. The first kappa shape index (κ1) is 13.5. The van der Waals surface area contributed by atoms with Gasteiger partial charge in [-0.05, 0) is 30.3 Å². The Morgan fingerprint density at radius 1 is 1.18 bits per heavy atom. The maximum absolute atomic E-state index is 14.1. The Balaban J connectivity index is 1.87. The molecule has 0 aliphatic heterocycles. The average Bonchev–Trinajstić information content (AvgIpc) is 3.08. The lowest BCUT2D eigenvalue weighted by Crippen LogP contribution is -1.92. The highest BCUT2D eigenvalue weighted by Crippen LogP contribution is 2.30. The molecule has 0 unspecified atom stereocenters. The molecule has 4 rings (SSSR count). The van der Waals surface area contributed by atoms with Crippen molar-refractivity contribution in [2.45, 2.75) is 0 Å². The van der Waals surface area contributed by atoms with Gasteiger partial charge in [-0.25, -0.2) is 4.39 Å². The van der Waals surface area contributed by atoms with Crippen LogP contribution in [-0.2, 0) is 0 Å². The zero-order chi connectivity index (χ0) is 15.1. The van der Waals surface area contributed by atoms with Gasteiger partial charge in [0.25, 0.3) is 0 Å².